The van der Waals surface area contributed by atoms with E-state index in [0.717, 1.165) is 5.56 Å². The third-order valence-corrected chi connectivity index (χ3v) is 2.65. The fraction of sp³-hybridized carbons (Fsp3) is 0.462. The Kier molecular flexibility index (Phi) is 5.12. The van der Waals surface area contributed by atoms with Gasteiger partial charge in [-0.15, -0.1) is 0 Å². The molecule has 0 aromatic heterocycles. The first kappa shape index (κ1) is 13.7. The Bertz CT molecular complexity index is 351. The van der Waals surface area contributed by atoms with Crippen molar-refractivity contribution in [2.75, 3.05) is 6.61 Å². The molecular weight excluding hydrogens is 218 g/mol. The molecule has 0 aliphatic heterocycles. The van der Waals surface area contributed by atoms with Crippen molar-refractivity contribution >= 4 is 5.97 Å². The van der Waals surface area contributed by atoms with E-state index in [2.05, 4.69) is 0 Å². The monoisotopic (exact) mass is 237 g/mol. The van der Waals surface area contributed by atoms with Crippen LogP contribution in [0, 0.1) is 0 Å². The van der Waals surface area contributed by atoms with Crippen LogP contribution in [0.5, 0.6) is 0 Å². The molecule has 0 unspecified atom stereocenters. The van der Waals surface area contributed by atoms with Gasteiger partial charge in [0.1, 0.15) is 6.04 Å². The Morgan fingerprint density at radius 2 is 2.00 bits per heavy atom. The number of esters is 1. The van der Waals surface area contributed by atoms with Gasteiger partial charge in [-0.3, -0.25) is 4.79 Å². The lowest BCUT2D eigenvalue weighted by atomic mass is 9.87. The molecule has 0 aliphatic rings. The van der Waals surface area contributed by atoms with Gasteiger partial charge in [-0.2, -0.15) is 0 Å². The Balaban J connectivity index is 2.90. The highest BCUT2D eigenvalue weighted by Gasteiger charge is 2.30. The van der Waals surface area contributed by atoms with Crippen molar-refractivity contribution < 1.29 is 14.6 Å². The number of carbonyl (C=O) groups is 1. The highest BCUT2D eigenvalue weighted by Crippen LogP contribution is 2.23. The van der Waals surface area contributed by atoms with Gasteiger partial charge in [0.15, 0.2) is 0 Å². The first-order valence-corrected chi connectivity index (χ1v) is 5.73. The molecule has 0 spiro atoms. The summed E-state index contributed by atoms with van der Waals surface area (Å²) in [4.78, 5) is 11.6. The standard InChI is InChI=1S/C13H19NO3/c1-3-17-13(16)12(14)11(9(2)15)10-7-5-4-6-8-10/h4-9,11-12,15H,3,14H2,1-2H3/t9-,11-,12-/m0/s1. The molecule has 0 amide bonds. The normalized spacial score (nSPS) is 16.0. The summed E-state index contributed by atoms with van der Waals surface area (Å²) in [5.74, 6) is -0.933. The van der Waals surface area contributed by atoms with Gasteiger partial charge in [0.25, 0.3) is 0 Å². The number of carbonyl (C=O) groups excluding carboxylic acids is 1. The van der Waals surface area contributed by atoms with Crippen LogP contribution in [0.25, 0.3) is 0 Å². The summed E-state index contributed by atoms with van der Waals surface area (Å²) in [6.07, 6.45) is -0.711. The van der Waals surface area contributed by atoms with Crippen molar-refractivity contribution in [2.24, 2.45) is 5.73 Å². The van der Waals surface area contributed by atoms with Crippen LogP contribution in [-0.2, 0) is 9.53 Å². The lowest BCUT2D eigenvalue weighted by molar-refractivity contribution is -0.146. The molecule has 1 rings (SSSR count). The number of aliphatic hydroxyl groups is 1. The average Bonchev–Trinajstić information content (AvgIpc) is 2.30. The Morgan fingerprint density at radius 3 is 2.47 bits per heavy atom. The second-order valence-electron chi connectivity index (χ2n) is 3.95. The maximum atomic E-state index is 11.6. The Morgan fingerprint density at radius 1 is 1.41 bits per heavy atom. The molecule has 17 heavy (non-hydrogen) atoms. The molecule has 94 valence electrons. The topological polar surface area (TPSA) is 72.5 Å². The number of nitrogens with two attached hydrogens (primary N) is 1. The number of hydrogen-bond acceptors (Lipinski definition) is 4. The van der Waals surface area contributed by atoms with E-state index in [1.807, 2.05) is 30.3 Å². The summed E-state index contributed by atoms with van der Waals surface area (Å²) in [7, 11) is 0. The molecule has 0 fully saturated rings. The molecule has 1 aromatic carbocycles. The minimum absolute atomic E-state index is 0.286. The number of ether oxygens (including phenoxy) is 1. The maximum Gasteiger partial charge on any atom is 0.323 e. The zero-order chi connectivity index (χ0) is 12.8. The second kappa shape index (κ2) is 6.37. The highest BCUT2D eigenvalue weighted by atomic mass is 16.5. The van der Waals surface area contributed by atoms with Crippen LogP contribution >= 0.6 is 0 Å². The predicted octanol–water partition coefficient (Wildman–Crippen LogP) is 1.04. The molecule has 0 saturated heterocycles. The van der Waals surface area contributed by atoms with E-state index in [1.54, 1.807) is 13.8 Å². The minimum Gasteiger partial charge on any atom is -0.465 e. The predicted molar refractivity (Wildman–Crippen MR) is 65.5 cm³/mol. The van der Waals surface area contributed by atoms with Gasteiger partial charge in [0.05, 0.1) is 12.7 Å². The third-order valence-electron chi connectivity index (χ3n) is 2.65. The lowest BCUT2D eigenvalue weighted by Crippen LogP contribution is -2.42. The molecular formula is C13H19NO3. The average molecular weight is 237 g/mol. The second-order valence-corrected chi connectivity index (χ2v) is 3.95. The zero-order valence-corrected chi connectivity index (χ0v) is 10.2. The summed E-state index contributed by atoms with van der Waals surface area (Å²) in [6.45, 7) is 3.63. The van der Waals surface area contributed by atoms with Crippen LogP contribution in [0.4, 0.5) is 0 Å². The van der Waals surface area contributed by atoms with Gasteiger partial charge in [-0.1, -0.05) is 30.3 Å². The van der Waals surface area contributed by atoms with E-state index in [9.17, 15) is 9.90 Å². The van der Waals surface area contributed by atoms with E-state index in [0.29, 0.717) is 0 Å². The lowest BCUT2D eigenvalue weighted by Gasteiger charge is -2.25. The highest BCUT2D eigenvalue weighted by molar-refractivity contribution is 5.77. The van der Waals surface area contributed by atoms with Crippen molar-refractivity contribution in [1.29, 1.82) is 0 Å². The SMILES string of the molecule is CCOC(=O)[C@@H](N)[C@H](c1ccccc1)[C@H](C)O. The Labute approximate surface area is 101 Å². The van der Waals surface area contributed by atoms with Gasteiger partial charge < -0.3 is 15.6 Å². The van der Waals surface area contributed by atoms with Crippen LogP contribution in [0.2, 0.25) is 0 Å². The van der Waals surface area contributed by atoms with E-state index in [-0.39, 0.29) is 6.61 Å². The molecule has 4 nitrogen and oxygen atoms in total. The smallest absolute Gasteiger partial charge is 0.323 e. The number of hydrogen-bond donors (Lipinski definition) is 2. The summed E-state index contributed by atoms with van der Waals surface area (Å²) in [6, 6.07) is 8.41. The van der Waals surface area contributed by atoms with Crippen LogP contribution in [0.3, 0.4) is 0 Å². The number of rotatable bonds is 5. The third kappa shape index (κ3) is 3.54. The van der Waals surface area contributed by atoms with Crippen LogP contribution < -0.4 is 5.73 Å². The number of benzene rings is 1. The van der Waals surface area contributed by atoms with Gasteiger partial charge in [-0.25, -0.2) is 0 Å². The van der Waals surface area contributed by atoms with Gasteiger partial charge in [-0.05, 0) is 19.4 Å². The molecule has 0 heterocycles. The van der Waals surface area contributed by atoms with E-state index < -0.39 is 24.0 Å². The zero-order valence-electron chi connectivity index (χ0n) is 10.2. The largest absolute Gasteiger partial charge is 0.465 e. The van der Waals surface area contributed by atoms with Gasteiger partial charge >= 0.3 is 5.97 Å². The first-order chi connectivity index (χ1) is 8.07. The molecule has 0 bridgehead atoms. The Hall–Kier alpha value is -1.39. The van der Waals surface area contributed by atoms with E-state index in [4.69, 9.17) is 10.5 Å². The van der Waals surface area contributed by atoms with Crippen molar-refractivity contribution in [3.8, 4) is 0 Å². The molecule has 3 N–H and O–H groups in total. The molecule has 1 aromatic rings. The fourth-order valence-corrected chi connectivity index (χ4v) is 1.85. The van der Waals surface area contributed by atoms with Crippen molar-refractivity contribution in [3.05, 3.63) is 35.9 Å². The van der Waals surface area contributed by atoms with Crippen LogP contribution in [0.15, 0.2) is 30.3 Å². The molecule has 4 heteroatoms. The summed E-state index contributed by atoms with van der Waals surface area (Å²) < 4.78 is 4.88. The quantitative estimate of drug-likeness (QED) is 0.751. The van der Waals surface area contributed by atoms with Crippen LogP contribution in [0.1, 0.15) is 25.3 Å². The first-order valence-electron chi connectivity index (χ1n) is 5.73. The molecule has 0 radical (unpaired) electrons. The number of aliphatic hydroxyl groups excluding tert-OH is 1. The van der Waals surface area contributed by atoms with Crippen molar-refractivity contribution in [2.45, 2.75) is 31.9 Å². The summed E-state index contributed by atoms with van der Waals surface area (Å²) in [5.41, 5.74) is 6.68. The van der Waals surface area contributed by atoms with Crippen molar-refractivity contribution in [1.82, 2.24) is 0 Å². The fourth-order valence-electron chi connectivity index (χ4n) is 1.85. The van der Waals surface area contributed by atoms with Crippen molar-refractivity contribution in [3.63, 3.8) is 0 Å². The summed E-state index contributed by atoms with van der Waals surface area (Å²) >= 11 is 0. The van der Waals surface area contributed by atoms with Gasteiger partial charge in [0, 0.05) is 5.92 Å². The molecule has 0 saturated carbocycles. The summed E-state index contributed by atoms with van der Waals surface area (Å²) in [5, 5.41) is 9.77. The molecule has 0 aliphatic carbocycles. The van der Waals surface area contributed by atoms with Crippen LogP contribution in [-0.4, -0.2) is 29.8 Å². The van der Waals surface area contributed by atoms with E-state index in [1.165, 1.54) is 0 Å². The van der Waals surface area contributed by atoms with E-state index >= 15 is 0 Å². The molecule has 3 atom stereocenters. The van der Waals surface area contributed by atoms with Gasteiger partial charge in [0.2, 0.25) is 0 Å². The minimum atomic E-state index is -0.850. The maximum absolute atomic E-state index is 11.6.